The molecule has 3 atom stereocenters. The van der Waals surface area contributed by atoms with Crippen LogP contribution in [0.5, 0.6) is 0 Å². The maximum Gasteiger partial charge on any atom is 0.232 e. The second kappa shape index (κ2) is 6.95. The van der Waals surface area contributed by atoms with E-state index in [4.69, 9.17) is 4.98 Å². The van der Waals surface area contributed by atoms with Gasteiger partial charge in [-0.25, -0.2) is 0 Å². The van der Waals surface area contributed by atoms with Crippen LogP contribution in [0.1, 0.15) is 25.7 Å². The average Bonchev–Trinajstić information content (AvgIpc) is 3.32. The zero-order valence-electron chi connectivity index (χ0n) is 15.0. The van der Waals surface area contributed by atoms with Crippen molar-refractivity contribution in [2.45, 2.75) is 31.7 Å². The van der Waals surface area contributed by atoms with E-state index in [0.29, 0.717) is 23.8 Å². The third-order valence-electron chi connectivity index (χ3n) is 5.66. The number of rotatable bonds is 5. The zero-order valence-corrected chi connectivity index (χ0v) is 15.0. The Balaban J connectivity index is 1.46. The van der Waals surface area contributed by atoms with Crippen molar-refractivity contribution in [3.63, 3.8) is 0 Å². The first kappa shape index (κ1) is 16.2. The summed E-state index contributed by atoms with van der Waals surface area (Å²) >= 11 is 0. The van der Waals surface area contributed by atoms with Crippen molar-refractivity contribution >= 4 is 17.6 Å². The summed E-state index contributed by atoms with van der Waals surface area (Å²) in [7, 11) is 0. The Morgan fingerprint density at radius 2 is 1.63 bits per heavy atom. The van der Waals surface area contributed by atoms with Crippen LogP contribution in [0.25, 0.3) is 11.4 Å². The predicted molar refractivity (Wildman–Crippen MR) is 106 cm³/mol. The van der Waals surface area contributed by atoms with Crippen LogP contribution in [-0.2, 0) is 0 Å². The summed E-state index contributed by atoms with van der Waals surface area (Å²) in [5.74, 6) is 3.49. The average molecular weight is 358 g/mol. The minimum Gasteiger partial charge on any atom is -0.351 e. The van der Waals surface area contributed by atoms with Gasteiger partial charge in [0, 0.05) is 29.7 Å². The Hall–Kier alpha value is -3.02. The smallest absolute Gasteiger partial charge is 0.232 e. The van der Waals surface area contributed by atoms with Crippen molar-refractivity contribution in [3.05, 3.63) is 54.9 Å². The Morgan fingerprint density at radius 3 is 2.37 bits per heavy atom. The van der Waals surface area contributed by atoms with Crippen molar-refractivity contribution in [1.29, 1.82) is 0 Å². The highest BCUT2D eigenvalue weighted by molar-refractivity contribution is 5.60. The van der Waals surface area contributed by atoms with Gasteiger partial charge in [-0.15, -0.1) is 0 Å². The molecule has 3 aromatic rings. The monoisotopic (exact) mass is 358 g/mol. The van der Waals surface area contributed by atoms with Crippen LogP contribution in [0.15, 0.2) is 54.9 Å². The third-order valence-corrected chi connectivity index (χ3v) is 5.66. The molecule has 2 saturated carbocycles. The molecule has 6 nitrogen and oxygen atoms in total. The van der Waals surface area contributed by atoms with Gasteiger partial charge in [-0.2, -0.15) is 15.0 Å². The van der Waals surface area contributed by atoms with E-state index in [9.17, 15) is 0 Å². The van der Waals surface area contributed by atoms with Crippen molar-refractivity contribution < 1.29 is 0 Å². The van der Waals surface area contributed by atoms with E-state index in [-0.39, 0.29) is 0 Å². The SMILES string of the molecule is c1ccc(-c2nc(Nc3ccncc3)nc(NC3CC4CCC3C4)n2)cc1. The fraction of sp³-hybridized carbons (Fsp3) is 0.333. The van der Waals surface area contributed by atoms with Gasteiger partial charge in [-0.05, 0) is 43.2 Å². The summed E-state index contributed by atoms with van der Waals surface area (Å²) in [6, 6.07) is 14.3. The second-order valence-electron chi connectivity index (χ2n) is 7.46. The normalized spacial score (nSPS) is 23.3. The van der Waals surface area contributed by atoms with Gasteiger partial charge in [0.15, 0.2) is 5.82 Å². The standard InChI is InChI=1S/C21H22N6/c1-2-4-15(5-3-1)19-25-20(23-17-8-10-22-11-9-17)27-21(26-19)24-18-13-14-6-7-16(18)12-14/h1-5,8-11,14,16,18H,6-7,12-13H2,(H2,22,23,24,25,26,27). The van der Waals surface area contributed by atoms with E-state index in [1.807, 2.05) is 42.5 Å². The van der Waals surface area contributed by atoms with E-state index < -0.39 is 0 Å². The molecule has 0 radical (unpaired) electrons. The van der Waals surface area contributed by atoms with Gasteiger partial charge in [0.05, 0.1) is 0 Å². The van der Waals surface area contributed by atoms with Crippen LogP contribution in [-0.4, -0.2) is 26.0 Å². The quantitative estimate of drug-likeness (QED) is 0.709. The lowest BCUT2D eigenvalue weighted by Gasteiger charge is -2.23. The molecule has 0 amide bonds. The number of hydrogen-bond donors (Lipinski definition) is 2. The van der Waals surface area contributed by atoms with Crippen LogP contribution in [0.4, 0.5) is 17.6 Å². The lowest BCUT2D eigenvalue weighted by atomic mass is 9.95. The zero-order chi connectivity index (χ0) is 18.1. The fourth-order valence-corrected chi connectivity index (χ4v) is 4.36. The molecule has 2 aromatic heterocycles. The van der Waals surface area contributed by atoms with Crippen LogP contribution >= 0.6 is 0 Å². The molecule has 0 saturated heterocycles. The van der Waals surface area contributed by atoms with E-state index in [2.05, 4.69) is 25.6 Å². The number of fused-ring (bicyclic) bond motifs is 2. The first-order chi connectivity index (χ1) is 13.3. The van der Waals surface area contributed by atoms with Crippen molar-refractivity contribution in [2.24, 2.45) is 11.8 Å². The van der Waals surface area contributed by atoms with Crippen LogP contribution in [0.3, 0.4) is 0 Å². The van der Waals surface area contributed by atoms with E-state index in [1.54, 1.807) is 12.4 Å². The second-order valence-corrected chi connectivity index (χ2v) is 7.46. The lowest BCUT2D eigenvalue weighted by Crippen LogP contribution is -2.27. The molecule has 6 heteroatoms. The van der Waals surface area contributed by atoms with Crippen molar-refractivity contribution in [3.8, 4) is 11.4 Å². The first-order valence-electron chi connectivity index (χ1n) is 9.58. The summed E-state index contributed by atoms with van der Waals surface area (Å²) in [6.45, 7) is 0. The third kappa shape index (κ3) is 3.47. The topological polar surface area (TPSA) is 75.6 Å². The van der Waals surface area contributed by atoms with Crippen LogP contribution in [0.2, 0.25) is 0 Å². The minimum absolute atomic E-state index is 0.476. The molecule has 136 valence electrons. The largest absolute Gasteiger partial charge is 0.351 e. The maximum atomic E-state index is 4.71. The molecule has 2 N–H and O–H groups in total. The number of anilines is 3. The molecule has 0 aliphatic heterocycles. The van der Waals surface area contributed by atoms with Gasteiger partial charge in [0.25, 0.3) is 0 Å². The highest BCUT2D eigenvalue weighted by Gasteiger charge is 2.39. The fourth-order valence-electron chi connectivity index (χ4n) is 4.36. The molecule has 3 unspecified atom stereocenters. The molecule has 2 bridgehead atoms. The molecule has 27 heavy (non-hydrogen) atoms. The summed E-state index contributed by atoms with van der Waals surface area (Å²) in [6.07, 6.45) is 8.76. The van der Waals surface area contributed by atoms with E-state index >= 15 is 0 Å². The molecule has 5 rings (SSSR count). The number of hydrogen-bond acceptors (Lipinski definition) is 6. The van der Waals surface area contributed by atoms with Crippen LogP contribution in [0, 0.1) is 11.8 Å². The van der Waals surface area contributed by atoms with Gasteiger partial charge >= 0.3 is 0 Å². The number of aromatic nitrogens is 4. The van der Waals surface area contributed by atoms with Gasteiger partial charge in [0.1, 0.15) is 0 Å². The molecule has 2 heterocycles. The van der Waals surface area contributed by atoms with Crippen molar-refractivity contribution in [1.82, 2.24) is 19.9 Å². The summed E-state index contributed by atoms with van der Waals surface area (Å²) in [5.41, 5.74) is 1.88. The molecule has 0 spiro atoms. The van der Waals surface area contributed by atoms with E-state index in [1.165, 1.54) is 25.7 Å². The summed E-state index contributed by atoms with van der Waals surface area (Å²) < 4.78 is 0. The van der Waals surface area contributed by atoms with Gasteiger partial charge in [0.2, 0.25) is 11.9 Å². The molecular weight excluding hydrogens is 336 g/mol. The summed E-state index contributed by atoms with van der Waals surface area (Å²) in [5, 5.41) is 6.87. The highest BCUT2D eigenvalue weighted by Crippen LogP contribution is 2.45. The highest BCUT2D eigenvalue weighted by atomic mass is 15.2. The molecule has 1 aromatic carbocycles. The van der Waals surface area contributed by atoms with Crippen molar-refractivity contribution in [2.75, 3.05) is 10.6 Å². The molecule has 2 fully saturated rings. The number of pyridine rings is 1. The minimum atomic E-state index is 0.476. The van der Waals surface area contributed by atoms with E-state index in [0.717, 1.165) is 23.1 Å². The van der Waals surface area contributed by atoms with Gasteiger partial charge in [-0.3, -0.25) is 4.98 Å². The van der Waals surface area contributed by atoms with Gasteiger partial charge in [-0.1, -0.05) is 36.8 Å². The summed E-state index contributed by atoms with van der Waals surface area (Å²) in [4.78, 5) is 18.0. The Morgan fingerprint density at radius 1 is 0.815 bits per heavy atom. The van der Waals surface area contributed by atoms with Crippen LogP contribution < -0.4 is 10.6 Å². The molecule has 2 aliphatic rings. The predicted octanol–water partition coefficient (Wildman–Crippen LogP) is 4.28. The Bertz CT molecular complexity index is 914. The molecular formula is C21H22N6. The first-order valence-corrected chi connectivity index (χ1v) is 9.58. The Kier molecular flexibility index (Phi) is 4.16. The van der Waals surface area contributed by atoms with Gasteiger partial charge < -0.3 is 10.6 Å². The lowest BCUT2D eigenvalue weighted by molar-refractivity contribution is 0.438. The maximum absolute atomic E-state index is 4.71. The number of nitrogens with one attached hydrogen (secondary N) is 2. The number of benzene rings is 1. The Labute approximate surface area is 158 Å². The molecule has 2 aliphatic carbocycles. The number of nitrogens with zero attached hydrogens (tertiary/aromatic N) is 4.